The predicted molar refractivity (Wildman–Crippen MR) is 84.7 cm³/mol. The van der Waals surface area contributed by atoms with Gasteiger partial charge in [0.25, 0.3) is 0 Å². The summed E-state index contributed by atoms with van der Waals surface area (Å²) in [6, 6.07) is 7.05. The van der Waals surface area contributed by atoms with Crippen LogP contribution in [0.25, 0.3) is 0 Å². The van der Waals surface area contributed by atoms with Gasteiger partial charge in [0.05, 0.1) is 12.2 Å². The third kappa shape index (κ3) is 6.04. The highest BCUT2D eigenvalue weighted by molar-refractivity contribution is 5.89. The Hall–Kier alpha value is -1.75. The molecule has 5 heteroatoms. The molecule has 21 heavy (non-hydrogen) atoms. The van der Waals surface area contributed by atoms with Crippen LogP contribution in [0.2, 0.25) is 0 Å². The molecular weight excluding hydrogens is 268 g/mol. The maximum absolute atomic E-state index is 12.2. The summed E-state index contributed by atoms with van der Waals surface area (Å²) < 4.78 is 5.56. The summed E-state index contributed by atoms with van der Waals surface area (Å²) in [6.07, 6.45) is -0.437. The summed E-state index contributed by atoms with van der Waals surface area (Å²) in [4.78, 5) is 13.8. The second kappa shape index (κ2) is 7.88. The first kappa shape index (κ1) is 17.3. The van der Waals surface area contributed by atoms with Crippen LogP contribution in [0, 0.1) is 0 Å². The first-order valence-electron chi connectivity index (χ1n) is 7.32. The number of hydrogen-bond donors (Lipinski definition) is 2. The van der Waals surface area contributed by atoms with Crippen molar-refractivity contribution in [2.45, 2.75) is 52.9 Å². The predicted octanol–water partition coefficient (Wildman–Crippen LogP) is 3.10. The molecule has 0 spiro atoms. The Balaban J connectivity index is 2.68. The molecule has 1 atom stereocenters. The number of benzene rings is 1. The number of amides is 2. The molecule has 0 fully saturated rings. The summed E-state index contributed by atoms with van der Waals surface area (Å²) >= 11 is 0. The molecule has 118 valence electrons. The lowest BCUT2D eigenvalue weighted by Gasteiger charge is -2.28. The third-order valence-corrected chi connectivity index (χ3v) is 2.82. The normalized spacial score (nSPS) is 12.4. The minimum absolute atomic E-state index is 0.0168. The number of urea groups is 1. The number of nitrogens with one attached hydrogen (secondary N) is 1. The van der Waals surface area contributed by atoms with Crippen LogP contribution in [0.1, 0.15) is 34.6 Å². The van der Waals surface area contributed by atoms with E-state index in [2.05, 4.69) is 5.32 Å². The zero-order chi connectivity index (χ0) is 16.0. The molecule has 5 nitrogen and oxygen atoms in total. The van der Waals surface area contributed by atoms with E-state index in [9.17, 15) is 9.90 Å². The lowest BCUT2D eigenvalue weighted by atomic mass is 10.2. The van der Waals surface area contributed by atoms with Crippen molar-refractivity contribution in [2.75, 3.05) is 11.9 Å². The number of hydrogen-bond acceptors (Lipinski definition) is 3. The highest BCUT2D eigenvalue weighted by Gasteiger charge is 2.18. The fraction of sp³-hybridized carbons (Fsp3) is 0.562. The first-order valence-corrected chi connectivity index (χ1v) is 7.32. The van der Waals surface area contributed by atoms with Gasteiger partial charge in [0.1, 0.15) is 5.75 Å². The van der Waals surface area contributed by atoms with Gasteiger partial charge in [0, 0.05) is 18.3 Å². The quantitative estimate of drug-likeness (QED) is 0.847. The smallest absolute Gasteiger partial charge is 0.322 e. The van der Waals surface area contributed by atoms with Crippen LogP contribution < -0.4 is 10.1 Å². The van der Waals surface area contributed by atoms with Crippen molar-refractivity contribution >= 4 is 11.7 Å². The van der Waals surface area contributed by atoms with E-state index in [-0.39, 0.29) is 18.2 Å². The average molecular weight is 294 g/mol. The van der Waals surface area contributed by atoms with Crippen LogP contribution in [-0.4, -0.2) is 40.8 Å². The average Bonchev–Trinajstić information content (AvgIpc) is 2.37. The number of aliphatic hydroxyl groups is 1. The summed E-state index contributed by atoms with van der Waals surface area (Å²) in [7, 11) is 0. The van der Waals surface area contributed by atoms with Crippen molar-refractivity contribution in [1.29, 1.82) is 0 Å². The zero-order valence-corrected chi connectivity index (χ0v) is 13.5. The minimum atomic E-state index is -0.556. The summed E-state index contributed by atoms with van der Waals surface area (Å²) in [5.41, 5.74) is 0.701. The van der Waals surface area contributed by atoms with Crippen LogP contribution in [0.4, 0.5) is 10.5 Å². The van der Waals surface area contributed by atoms with Crippen molar-refractivity contribution in [2.24, 2.45) is 0 Å². The standard InChI is InChI=1S/C16H26N2O3/c1-11(2)18(10-13(5)19)16(20)17-14-6-8-15(9-7-14)21-12(3)4/h6-9,11-13,19H,10H2,1-5H3,(H,17,20). The Morgan fingerprint density at radius 2 is 1.76 bits per heavy atom. The molecule has 0 saturated heterocycles. The molecule has 1 aromatic rings. The molecule has 0 radical (unpaired) electrons. The van der Waals surface area contributed by atoms with Gasteiger partial charge in [-0.15, -0.1) is 0 Å². The van der Waals surface area contributed by atoms with Gasteiger partial charge in [-0.3, -0.25) is 0 Å². The Morgan fingerprint density at radius 3 is 2.19 bits per heavy atom. The molecule has 0 bridgehead atoms. The van der Waals surface area contributed by atoms with Crippen LogP contribution >= 0.6 is 0 Å². The van der Waals surface area contributed by atoms with E-state index in [1.54, 1.807) is 24.0 Å². The molecule has 0 saturated carbocycles. The van der Waals surface area contributed by atoms with Gasteiger partial charge in [-0.1, -0.05) is 0 Å². The van der Waals surface area contributed by atoms with Crippen molar-refractivity contribution in [3.8, 4) is 5.75 Å². The Kier molecular flexibility index (Phi) is 6.49. The summed E-state index contributed by atoms with van der Waals surface area (Å²) in [5, 5.41) is 12.3. The number of carbonyl (C=O) groups excluding carboxylic acids is 1. The van der Waals surface area contributed by atoms with E-state index < -0.39 is 6.10 Å². The number of carbonyl (C=O) groups is 1. The Bertz CT molecular complexity index is 441. The largest absolute Gasteiger partial charge is 0.491 e. The highest BCUT2D eigenvalue weighted by Crippen LogP contribution is 2.17. The van der Waals surface area contributed by atoms with E-state index in [0.717, 1.165) is 5.75 Å². The van der Waals surface area contributed by atoms with Crippen molar-refractivity contribution < 1.29 is 14.6 Å². The molecular formula is C16H26N2O3. The van der Waals surface area contributed by atoms with E-state index >= 15 is 0 Å². The van der Waals surface area contributed by atoms with Gasteiger partial charge >= 0.3 is 6.03 Å². The molecule has 0 aromatic heterocycles. The number of rotatable bonds is 6. The lowest BCUT2D eigenvalue weighted by molar-refractivity contribution is 0.125. The second-order valence-electron chi connectivity index (χ2n) is 5.72. The first-order chi connectivity index (χ1) is 9.79. The van der Waals surface area contributed by atoms with Gasteiger partial charge in [-0.25, -0.2) is 4.79 Å². The molecule has 0 aliphatic rings. The van der Waals surface area contributed by atoms with Crippen molar-refractivity contribution in [3.05, 3.63) is 24.3 Å². The van der Waals surface area contributed by atoms with Gasteiger partial charge in [-0.05, 0) is 58.9 Å². The maximum Gasteiger partial charge on any atom is 0.322 e. The monoisotopic (exact) mass is 294 g/mol. The maximum atomic E-state index is 12.2. The molecule has 0 aliphatic carbocycles. The fourth-order valence-electron chi connectivity index (χ4n) is 1.90. The minimum Gasteiger partial charge on any atom is -0.491 e. The fourth-order valence-corrected chi connectivity index (χ4v) is 1.90. The Morgan fingerprint density at radius 1 is 1.19 bits per heavy atom. The molecule has 1 aromatic carbocycles. The van der Waals surface area contributed by atoms with E-state index in [0.29, 0.717) is 12.2 Å². The third-order valence-electron chi connectivity index (χ3n) is 2.82. The molecule has 1 unspecified atom stereocenters. The number of anilines is 1. The van der Waals surface area contributed by atoms with Gasteiger partial charge in [-0.2, -0.15) is 0 Å². The highest BCUT2D eigenvalue weighted by atomic mass is 16.5. The van der Waals surface area contributed by atoms with E-state index in [1.807, 2.05) is 39.8 Å². The van der Waals surface area contributed by atoms with Crippen LogP contribution in [-0.2, 0) is 0 Å². The molecule has 2 N–H and O–H groups in total. The molecule has 0 aliphatic heterocycles. The zero-order valence-electron chi connectivity index (χ0n) is 13.5. The number of aliphatic hydroxyl groups excluding tert-OH is 1. The van der Waals surface area contributed by atoms with Gasteiger partial charge < -0.3 is 20.1 Å². The Labute approximate surface area is 126 Å². The van der Waals surface area contributed by atoms with E-state index in [1.165, 1.54) is 0 Å². The topological polar surface area (TPSA) is 61.8 Å². The van der Waals surface area contributed by atoms with Crippen LogP contribution in [0.5, 0.6) is 5.75 Å². The van der Waals surface area contributed by atoms with Crippen molar-refractivity contribution in [3.63, 3.8) is 0 Å². The summed E-state index contributed by atoms with van der Waals surface area (Å²) in [6.45, 7) is 9.74. The van der Waals surface area contributed by atoms with Crippen molar-refractivity contribution in [1.82, 2.24) is 4.90 Å². The molecule has 1 rings (SSSR count). The van der Waals surface area contributed by atoms with Crippen LogP contribution in [0.15, 0.2) is 24.3 Å². The second-order valence-corrected chi connectivity index (χ2v) is 5.72. The number of nitrogens with zero attached hydrogens (tertiary/aromatic N) is 1. The lowest BCUT2D eigenvalue weighted by Crippen LogP contribution is -2.43. The SMILES string of the molecule is CC(O)CN(C(=O)Nc1ccc(OC(C)C)cc1)C(C)C. The molecule has 2 amide bonds. The summed E-state index contributed by atoms with van der Waals surface area (Å²) in [5.74, 6) is 0.771. The molecule has 0 heterocycles. The van der Waals surface area contributed by atoms with Gasteiger partial charge in [0.15, 0.2) is 0 Å². The van der Waals surface area contributed by atoms with Gasteiger partial charge in [0.2, 0.25) is 0 Å². The van der Waals surface area contributed by atoms with E-state index in [4.69, 9.17) is 4.74 Å². The number of ether oxygens (including phenoxy) is 1. The van der Waals surface area contributed by atoms with Crippen LogP contribution in [0.3, 0.4) is 0 Å².